The Hall–Kier alpha value is -6.38. The Balaban J connectivity index is 1.13. The minimum atomic E-state index is 0.157. The summed E-state index contributed by atoms with van der Waals surface area (Å²) in [5.74, 6) is 0.186. The van der Waals surface area contributed by atoms with E-state index in [1.165, 1.54) is 77.8 Å². The highest BCUT2D eigenvalue weighted by atomic mass is 15.2. The molecule has 1 aromatic heterocycles. The van der Waals surface area contributed by atoms with E-state index in [4.69, 9.17) is 0 Å². The summed E-state index contributed by atoms with van der Waals surface area (Å²) in [6, 6.07) is 64.2. The normalized spacial score (nSPS) is 16.4. The molecule has 0 N–H and O–H groups in total. The fraction of sp³-hybridized carbons (Fsp3) is 0.0417. The maximum Gasteiger partial charge on any atom is 0.0635 e. The Labute approximate surface area is 292 Å². The van der Waals surface area contributed by atoms with Gasteiger partial charge in [0.25, 0.3) is 0 Å². The highest BCUT2D eigenvalue weighted by Crippen LogP contribution is 2.54. The molecule has 0 saturated heterocycles. The topological polar surface area (TPSA) is 8.17 Å². The predicted octanol–water partition coefficient (Wildman–Crippen LogP) is 12.4. The molecule has 0 fully saturated rings. The van der Waals surface area contributed by atoms with Crippen LogP contribution in [0.3, 0.4) is 0 Å². The highest BCUT2D eigenvalue weighted by molar-refractivity contribution is 6.14. The number of allylic oxidation sites excluding steroid dienone is 2. The van der Waals surface area contributed by atoms with Crippen LogP contribution < -0.4 is 4.90 Å². The molecular formula is C48H34N2. The fourth-order valence-electron chi connectivity index (χ4n) is 8.42. The van der Waals surface area contributed by atoms with Gasteiger partial charge in [0.2, 0.25) is 0 Å². The Bertz CT molecular complexity index is 2610. The van der Waals surface area contributed by atoms with E-state index in [9.17, 15) is 0 Å². The second kappa shape index (κ2) is 11.6. The van der Waals surface area contributed by atoms with Crippen molar-refractivity contribution in [3.8, 4) is 27.9 Å². The van der Waals surface area contributed by atoms with Crippen molar-refractivity contribution in [1.82, 2.24) is 4.57 Å². The molecule has 236 valence electrons. The smallest absolute Gasteiger partial charge is 0.0635 e. The van der Waals surface area contributed by atoms with Gasteiger partial charge in [-0.2, -0.15) is 0 Å². The number of hydrogen-bond donors (Lipinski definition) is 0. The highest BCUT2D eigenvalue weighted by Gasteiger charge is 2.41. The summed E-state index contributed by atoms with van der Waals surface area (Å²) in [6.07, 6.45) is 7.03. The molecule has 8 aromatic rings. The number of fused-ring (bicyclic) bond motifs is 6. The lowest BCUT2D eigenvalue weighted by Gasteiger charge is -2.32. The van der Waals surface area contributed by atoms with E-state index in [1.807, 2.05) is 0 Å². The molecule has 0 spiro atoms. The third-order valence-electron chi connectivity index (χ3n) is 10.5. The molecule has 2 heteroatoms. The second-order valence-electron chi connectivity index (χ2n) is 13.3. The van der Waals surface area contributed by atoms with Crippen molar-refractivity contribution in [2.45, 2.75) is 12.0 Å². The molecule has 2 nitrogen and oxygen atoms in total. The maximum atomic E-state index is 2.55. The van der Waals surface area contributed by atoms with Gasteiger partial charge in [-0.3, -0.25) is 0 Å². The zero-order chi connectivity index (χ0) is 33.0. The first-order valence-corrected chi connectivity index (χ1v) is 17.4. The Kier molecular flexibility index (Phi) is 6.67. The van der Waals surface area contributed by atoms with Crippen molar-refractivity contribution in [2.24, 2.45) is 0 Å². The quantitative estimate of drug-likeness (QED) is 0.182. The molecule has 1 aliphatic carbocycles. The molecule has 7 aromatic carbocycles. The van der Waals surface area contributed by atoms with Gasteiger partial charge in [0, 0.05) is 33.8 Å². The lowest BCUT2D eigenvalue weighted by Crippen LogP contribution is -2.30. The number of anilines is 2. The van der Waals surface area contributed by atoms with Gasteiger partial charge in [-0.15, -0.1) is 0 Å². The van der Waals surface area contributed by atoms with Crippen LogP contribution in [0.5, 0.6) is 0 Å². The third kappa shape index (κ3) is 4.49. The lowest BCUT2D eigenvalue weighted by molar-refractivity contribution is 0.759. The van der Waals surface area contributed by atoms with Gasteiger partial charge in [0.15, 0.2) is 0 Å². The minimum Gasteiger partial charge on any atom is -0.333 e. The van der Waals surface area contributed by atoms with Gasteiger partial charge < -0.3 is 9.47 Å². The van der Waals surface area contributed by atoms with Gasteiger partial charge in [0.1, 0.15) is 0 Å². The molecule has 50 heavy (non-hydrogen) atoms. The number of aromatic nitrogens is 1. The van der Waals surface area contributed by atoms with E-state index in [1.54, 1.807) is 0 Å². The Morgan fingerprint density at radius 2 is 1.06 bits per heavy atom. The van der Waals surface area contributed by atoms with E-state index in [-0.39, 0.29) is 12.0 Å². The van der Waals surface area contributed by atoms with Crippen LogP contribution in [0, 0.1) is 0 Å². The first kappa shape index (κ1) is 28.6. The Morgan fingerprint density at radius 3 is 1.84 bits per heavy atom. The van der Waals surface area contributed by atoms with E-state index in [0.717, 1.165) is 0 Å². The van der Waals surface area contributed by atoms with Crippen molar-refractivity contribution >= 4 is 38.8 Å². The van der Waals surface area contributed by atoms with E-state index in [2.05, 4.69) is 204 Å². The number of benzene rings is 7. The van der Waals surface area contributed by atoms with Crippen LogP contribution in [0.2, 0.25) is 0 Å². The predicted molar refractivity (Wildman–Crippen MR) is 210 cm³/mol. The minimum absolute atomic E-state index is 0.157. The van der Waals surface area contributed by atoms with Crippen molar-refractivity contribution in [3.63, 3.8) is 0 Å². The third-order valence-corrected chi connectivity index (χ3v) is 10.5. The number of hydrogen-bond acceptors (Lipinski definition) is 1. The van der Waals surface area contributed by atoms with Gasteiger partial charge in [0.05, 0.1) is 17.1 Å². The molecule has 0 saturated carbocycles. The van der Waals surface area contributed by atoms with Crippen LogP contribution in [-0.2, 0) is 0 Å². The average molecular weight is 639 g/mol. The van der Waals surface area contributed by atoms with Crippen LogP contribution in [0.25, 0.3) is 55.3 Å². The molecule has 10 rings (SSSR count). The molecule has 2 aliphatic rings. The summed E-state index contributed by atoms with van der Waals surface area (Å²) in [6.45, 7) is 0. The largest absolute Gasteiger partial charge is 0.333 e. The zero-order valence-corrected chi connectivity index (χ0v) is 27.5. The Morgan fingerprint density at radius 1 is 0.460 bits per heavy atom. The molecule has 0 amide bonds. The first-order chi connectivity index (χ1) is 24.8. The molecular weight excluding hydrogens is 605 g/mol. The van der Waals surface area contributed by atoms with Gasteiger partial charge >= 0.3 is 0 Å². The number of para-hydroxylation sites is 2. The number of rotatable bonds is 5. The summed E-state index contributed by atoms with van der Waals surface area (Å²) < 4.78 is 2.45. The van der Waals surface area contributed by atoms with Crippen LogP contribution in [0.15, 0.2) is 194 Å². The average Bonchev–Trinajstić information content (AvgIpc) is 3.72. The van der Waals surface area contributed by atoms with Crippen LogP contribution >= 0.6 is 0 Å². The van der Waals surface area contributed by atoms with Gasteiger partial charge in [-0.25, -0.2) is 0 Å². The molecule has 2 atom stereocenters. The second-order valence-corrected chi connectivity index (χ2v) is 13.3. The summed E-state index contributed by atoms with van der Waals surface area (Å²) in [7, 11) is 0. The van der Waals surface area contributed by atoms with Crippen molar-refractivity contribution in [3.05, 3.63) is 205 Å². The molecule has 0 radical (unpaired) electrons. The van der Waals surface area contributed by atoms with Crippen molar-refractivity contribution < 1.29 is 0 Å². The molecule has 2 heterocycles. The summed E-state index contributed by atoms with van der Waals surface area (Å²) in [4.78, 5) is 2.55. The summed E-state index contributed by atoms with van der Waals surface area (Å²) >= 11 is 0. The van der Waals surface area contributed by atoms with Crippen LogP contribution in [-0.4, -0.2) is 10.6 Å². The van der Waals surface area contributed by atoms with E-state index < -0.39 is 0 Å². The van der Waals surface area contributed by atoms with Crippen LogP contribution in [0.4, 0.5) is 11.4 Å². The zero-order valence-electron chi connectivity index (χ0n) is 27.5. The summed E-state index contributed by atoms with van der Waals surface area (Å²) in [5.41, 5.74) is 15.0. The van der Waals surface area contributed by atoms with E-state index in [0.29, 0.717) is 0 Å². The number of nitrogens with zero attached hydrogens (tertiary/aromatic N) is 2. The summed E-state index contributed by atoms with van der Waals surface area (Å²) in [5, 5.41) is 2.57. The standard InChI is InChI=1S/C48H34N2/c1-3-15-33(16-4-1)35-19-11-21-37(31-35)49-43-27-9-7-23-41(43)47-39(25-13-29-45(47)49)40-26-14-30-46-48(40)42-24-8-10-28-44(42)50(46)38-22-12-20-36(32-38)34-17-5-2-6-18-34/h1-32,45,47H. The monoisotopic (exact) mass is 638 g/mol. The van der Waals surface area contributed by atoms with Crippen molar-refractivity contribution in [1.29, 1.82) is 0 Å². The van der Waals surface area contributed by atoms with Gasteiger partial charge in [-0.1, -0.05) is 152 Å². The molecule has 2 unspecified atom stereocenters. The molecule has 1 aliphatic heterocycles. The van der Waals surface area contributed by atoms with E-state index >= 15 is 0 Å². The lowest BCUT2D eigenvalue weighted by atomic mass is 9.79. The SMILES string of the molecule is C1=CC2C(C(c3cccc4c3c3ccccc3n4-c3cccc(-c4ccccc4)c3)=C1)c1ccccc1N2c1cccc(-c2ccccc2)c1. The molecule has 0 bridgehead atoms. The van der Waals surface area contributed by atoms with Crippen molar-refractivity contribution in [2.75, 3.05) is 4.90 Å². The maximum absolute atomic E-state index is 2.55. The fourth-order valence-corrected chi connectivity index (χ4v) is 8.42. The van der Waals surface area contributed by atoms with Gasteiger partial charge in [-0.05, 0) is 81.4 Å². The first-order valence-electron chi connectivity index (χ1n) is 17.4. The van der Waals surface area contributed by atoms with Crippen LogP contribution in [0.1, 0.15) is 17.0 Å².